The number of ether oxygens (including phenoxy) is 1. The lowest BCUT2D eigenvalue weighted by molar-refractivity contribution is -0.137. The van der Waals surface area contributed by atoms with Crippen molar-refractivity contribution in [2.24, 2.45) is 0 Å². The van der Waals surface area contributed by atoms with Gasteiger partial charge in [0, 0.05) is 12.6 Å². The average Bonchev–Trinajstić information content (AvgIpc) is 2.98. The first kappa shape index (κ1) is 21.4. The Morgan fingerprint density at radius 1 is 1.34 bits per heavy atom. The van der Waals surface area contributed by atoms with Gasteiger partial charge in [-0.15, -0.1) is 0 Å². The molecule has 2 amide bonds. The predicted octanol–water partition coefficient (Wildman–Crippen LogP) is 3.22. The quantitative estimate of drug-likeness (QED) is 0.716. The highest BCUT2D eigenvalue weighted by atomic mass is 35.5. The molecule has 0 aromatic heterocycles. The van der Waals surface area contributed by atoms with Crippen LogP contribution in [0, 0.1) is 0 Å². The number of rotatable bonds is 4. The fraction of sp³-hybridized carbons (Fsp3) is 0.474. The van der Waals surface area contributed by atoms with E-state index in [1.165, 1.54) is 18.1 Å². The van der Waals surface area contributed by atoms with E-state index in [0.29, 0.717) is 18.4 Å². The van der Waals surface area contributed by atoms with Crippen molar-refractivity contribution in [1.82, 2.24) is 10.2 Å². The number of aliphatic hydroxyl groups is 1. The molecular weight excluding hydrogens is 413 g/mol. The Morgan fingerprint density at radius 3 is 2.69 bits per heavy atom. The second-order valence-corrected chi connectivity index (χ2v) is 7.30. The minimum Gasteiger partial charge on any atom is -0.466 e. The molecule has 1 aromatic rings. The summed E-state index contributed by atoms with van der Waals surface area (Å²) in [5, 5.41) is 11.1. The van der Waals surface area contributed by atoms with E-state index in [9.17, 15) is 22.8 Å². The third-order valence-electron chi connectivity index (χ3n) is 5.25. The molecule has 10 heteroatoms. The number of fused-ring (bicyclic) bond motifs is 2. The Morgan fingerprint density at radius 2 is 2.07 bits per heavy atom. The lowest BCUT2D eigenvalue weighted by atomic mass is 9.87. The Balaban J connectivity index is 2.08. The van der Waals surface area contributed by atoms with E-state index < -0.39 is 34.8 Å². The topological polar surface area (TPSA) is 78.9 Å². The number of alkyl halides is 3. The van der Waals surface area contributed by atoms with Crippen LogP contribution in [-0.4, -0.2) is 54.4 Å². The van der Waals surface area contributed by atoms with E-state index in [2.05, 4.69) is 5.32 Å². The van der Waals surface area contributed by atoms with Gasteiger partial charge in [0.25, 0.3) is 0 Å². The maximum absolute atomic E-state index is 13.3. The first-order valence-electron chi connectivity index (χ1n) is 9.04. The summed E-state index contributed by atoms with van der Waals surface area (Å²) in [6, 6.07) is 2.22. The highest BCUT2D eigenvalue weighted by Crippen LogP contribution is 2.45. The second-order valence-electron chi connectivity index (χ2n) is 6.89. The molecule has 2 aliphatic rings. The fourth-order valence-electron chi connectivity index (χ4n) is 4.05. The average molecular weight is 433 g/mol. The molecule has 0 spiro atoms. The molecule has 2 heterocycles. The number of halogens is 4. The van der Waals surface area contributed by atoms with Gasteiger partial charge < -0.3 is 20.1 Å². The van der Waals surface area contributed by atoms with E-state index in [1.807, 2.05) is 0 Å². The predicted molar refractivity (Wildman–Crippen MR) is 99.1 cm³/mol. The summed E-state index contributed by atoms with van der Waals surface area (Å²) in [4.78, 5) is 26.6. The summed E-state index contributed by atoms with van der Waals surface area (Å²) >= 11 is 5.72. The Bertz CT molecular complexity index is 856. The number of urea groups is 1. The van der Waals surface area contributed by atoms with Crippen molar-refractivity contribution < 1.29 is 32.6 Å². The number of benzene rings is 1. The van der Waals surface area contributed by atoms with E-state index in [0.717, 1.165) is 12.1 Å². The van der Waals surface area contributed by atoms with Crippen molar-refractivity contribution in [2.75, 3.05) is 20.3 Å². The van der Waals surface area contributed by atoms with Gasteiger partial charge in [0.1, 0.15) is 0 Å². The smallest absolute Gasteiger partial charge is 0.417 e. The highest BCUT2D eigenvalue weighted by molar-refractivity contribution is 6.31. The largest absolute Gasteiger partial charge is 0.466 e. The summed E-state index contributed by atoms with van der Waals surface area (Å²) in [6.07, 6.45) is -3.33. The van der Waals surface area contributed by atoms with Gasteiger partial charge in [-0.1, -0.05) is 17.7 Å². The molecule has 0 aliphatic carbocycles. The standard InChI is InChI=1S/C19H20ClF3N2O4/c1-29-17(27)16-12(10-2-4-14(20)13(8-10)19(21,22)23)9-11-3-5-15(16)25(11)18(28)24-6-7-26/h2,4,8,11,15,26H,3,5-7,9H2,1H3,(H,24,28)/t11-,15+/m0/s1. The molecule has 0 saturated carbocycles. The van der Waals surface area contributed by atoms with Gasteiger partial charge in [-0.05, 0) is 42.5 Å². The summed E-state index contributed by atoms with van der Waals surface area (Å²) < 4.78 is 44.8. The molecule has 6 nitrogen and oxygen atoms in total. The maximum atomic E-state index is 13.3. The minimum absolute atomic E-state index is 0.0605. The van der Waals surface area contributed by atoms with Gasteiger partial charge in [0.05, 0.1) is 35.9 Å². The van der Waals surface area contributed by atoms with Crippen LogP contribution in [0.2, 0.25) is 5.02 Å². The third-order valence-corrected chi connectivity index (χ3v) is 5.58. The van der Waals surface area contributed by atoms with E-state index in [-0.39, 0.29) is 36.8 Å². The molecule has 2 N–H and O–H groups in total. The lowest BCUT2D eigenvalue weighted by Crippen LogP contribution is -2.51. The number of aliphatic hydroxyl groups excluding tert-OH is 1. The number of amides is 2. The summed E-state index contributed by atoms with van der Waals surface area (Å²) in [6.45, 7) is -0.171. The van der Waals surface area contributed by atoms with Gasteiger partial charge in [-0.2, -0.15) is 13.2 Å². The van der Waals surface area contributed by atoms with E-state index in [1.54, 1.807) is 0 Å². The molecule has 2 aliphatic heterocycles. The van der Waals surface area contributed by atoms with Crippen molar-refractivity contribution in [1.29, 1.82) is 0 Å². The van der Waals surface area contributed by atoms with Crippen molar-refractivity contribution in [2.45, 2.75) is 37.5 Å². The van der Waals surface area contributed by atoms with Crippen LogP contribution >= 0.6 is 11.6 Å². The maximum Gasteiger partial charge on any atom is 0.417 e. The number of hydrogen-bond donors (Lipinski definition) is 2. The number of methoxy groups -OCH3 is 1. The van der Waals surface area contributed by atoms with Crippen LogP contribution in [0.5, 0.6) is 0 Å². The zero-order valence-corrected chi connectivity index (χ0v) is 16.3. The minimum atomic E-state index is -4.64. The fourth-order valence-corrected chi connectivity index (χ4v) is 4.27. The van der Waals surface area contributed by atoms with Crippen LogP contribution in [-0.2, 0) is 15.7 Å². The molecule has 0 unspecified atom stereocenters. The van der Waals surface area contributed by atoms with Crippen molar-refractivity contribution in [3.63, 3.8) is 0 Å². The van der Waals surface area contributed by atoms with Crippen LogP contribution in [0.4, 0.5) is 18.0 Å². The molecular formula is C19H20ClF3N2O4. The lowest BCUT2D eigenvalue weighted by Gasteiger charge is -2.37. The molecule has 29 heavy (non-hydrogen) atoms. The number of carbonyl (C=O) groups is 2. The molecule has 1 aromatic carbocycles. The van der Waals surface area contributed by atoms with Gasteiger partial charge in [0.15, 0.2) is 0 Å². The molecule has 158 valence electrons. The van der Waals surface area contributed by atoms with Gasteiger partial charge in [0.2, 0.25) is 0 Å². The van der Waals surface area contributed by atoms with Crippen LogP contribution < -0.4 is 5.32 Å². The molecule has 2 bridgehead atoms. The molecule has 3 rings (SSSR count). The first-order valence-corrected chi connectivity index (χ1v) is 9.42. The number of nitrogens with one attached hydrogen (secondary N) is 1. The molecule has 2 atom stereocenters. The molecule has 1 fully saturated rings. The summed E-state index contributed by atoms with van der Waals surface area (Å²) in [5.74, 6) is -0.686. The van der Waals surface area contributed by atoms with Crippen LogP contribution in [0.25, 0.3) is 5.57 Å². The number of esters is 1. The van der Waals surface area contributed by atoms with Crippen molar-refractivity contribution >= 4 is 29.2 Å². The van der Waals surface area contributed by atoms with Crippen LogP contribution in [0.15, 0.2) is 23.8 Å². The Labute approximate surface area is 170 Å². The monoisotopic (exact) mass is 432 g/mol. The SMILES string of the molecule is COC(=O)C1=C(c2ccc(Cl)c(C(F)(F)F)c2)C[C@@H]2CC[C@H]1N2C(=O)NCCO. The second kappa shape index (κ2) is 8.23. The van der Waals surface area contributed by atoms with Gasteiger partial charge in [-0.3, -0.25) is 0 Å². The van der Waals surface area contributed by atoms with E-state index in [4.69, 9.17) is 21.4 Å². The van der Waals surface area contributed by atoms with Gasteiger partial charge in [-0.25, -0.2) is 9.59 Å². The van der Waals surface area contributed by atoms with Crippen LogP contribution in [0.1, 0.15) is 30.4 Å². The summed E-state index contributed by atoms with van der Waals surface area (Å²) in [5.41, 5.74) is -0.146. The van der Waals surface area contributed by atoms with E-state index >= 15 is 0 Å². The zero-order valence-electron chi connectivity index (χ0n) is 15.6. The molecule has 0 radical (unpaired) electrons. The Hall–Kier alpha value is -2.26. The molecule has 1 saturated heterocycles. The van der Waals surface area contributed by atoms with Crippen LogP contribution in [0.3, 0.4) is 0 Å². The number of hydrogen-bond acceptors (Lipinski definition) is 4. The highest BCUT2D eigenvalue weighted by Gasteiger charge is 2.47. The number of carbonyl (C=O) groups excluding carboxylic acids is 2. The number of nitrogens with zero attached hydrogens (tertiary/aromatic N) is 1. The third kappa shape index (κ3) is 4.06. The Kier molecular flexibility index (Phi) is 6.09. The van der Waals surface area contributed by atoms with Crippen molar-refractivity contribution in [3.05, 3.63) is 39.9 Å². The first-order chi connectivity index (χ1) is 13.7. The zero-order chi connectivity index (χ0) is 21.3. The van der Waals surface area contributed by atoms with Gasteiger partial charge >= 0.3 is 18.2 Å². The van der Waals surface area contributed by atoms with Crippen molar-refractivity contribution in [3.8, 4) is 0 Å². The summed E-state index contributed by atoms with van der Waals surface area (Å²) in [7, 11) is 1.19. The normalized spacial score (nSPS) is 21.4.